The van der Waals surface area contributed by atoms with Gasteiger partial charge in [0, 0.05) is 35.7 Å². The van der Waals surface area contributed by atoms with Crippen molar-refractivity contribution in [3.05, 3.63) is 64.6 Å². The molecule has 0 unspecified atom stereocenters. The molecule has 1 heterocycles. The van der Waals surface area contributed by atoms with Crippen LogP contribution in [0.3, 0.4) is 0 Å². The van der Waals surface area contributed by atoms with Crippen LogP contribution in [0.2, 0.25) is 0 Å². The smallest absolute Gasteiger partial charge is 0.130 e. The number of nitrogens with one attached hydrogen (secondary N) is 1. The van der Waals surface area contributed by atoms with Gasteiger partial charge in [-0.1, -0.05) is 48.0 Å². The molecule has 130 valence electrons. The lowest BCUT2D eigenvalue weighted by Gasteiger charge is -2.21. The van der Waals surface area contributed by atoms with Gasteiger partial charge in [-0.3, -0.25) is 0 Å². The number of hydrogen-bond donors (Lipinski definition) is 1. The monoisotopic (exact) mass is 397 g/mol. The Morgan fingerprint density at radius 3 is 2.56 bits per heavy atom. The summed E-state index contributed by atoms with van der Waals surface area (Å²) in [5.74, 6) is 1.41. The average Bonchev–Trinajstić information content (AvgIpc) is 2.61. The highest BCUT2D eigenvalue weighted by Gasteiger charge is 2.11. The first-order valence-electron chi connectivity index (χ1n) is 8.65. The minimum absolute atomic E-state index is 0.422. The van der Waals surface area contributed by atoms with Crippen molar-refractivity contribution in [2.75, 3.05) is 30.4 Å². The summed E-state index contributed by atoms with van der Waals surface area (Å²) < 4.78 is 1.08. The molecule has 0 amide bonds. The Labute approximate surface area is 158 Å². The number of hydrogen-bond acceptors (Lipinski definition) is 3. The molecule has 0 aliphatic heterocycles. The second-order valence-corrected chi connectivity index (χ2v) is 7.52. The molecular formula is C21H24BrN3. The zero-order chi connectivity index (χ0) is 17.8. The number of para-hydroxylation sites is 1. The highest BCUT2D eigenvalue weighted by molar-refractivity contribution is 9.10. The number of halogens is 1. The van der Waals surface area contributed by atoms with Crippen LogP contribution in [0, 0.1) is 0 Å². The molecular weight excluding hydrogens is 374 g/mol. The van der Waals surface area contributed by atoms with Gasteiger partial charge in [0.1, 0.15) is 5.82 Å². The van der Waals surface area contributed by atoms with Crippen LogP contribution < -0.4 is 10.2 Å². The molecule has 0 bridgehead atoms. The zero-order valence-electron chi connectivity index (χ0n) is 15.0. The molecule has 2 aromatic carbocycles. The van der Waals surface area contributed by atoms with Gasteiger partial charge in [0.05, 0.1) is 5.52 Å². The lowest BCUT2D eigenvalue weighted by Crippen LogP contribution is -2.25. The number of pyridine rings is 1. The number of rotatable bonds is 6. The third-order valence-corrected chi connectivity index (χ3v) is 4.86. The fourth-order valence-electron chi connectivity index (χ4n) is 2.90. The van der Waals surface area contributed by atoms with E-state index in [4.69, 9.17) is 4.98 Å². The number of likely N-dealkylation sites (N-methyl/N-ethyl adjacent to an activating group) is 1. The predicted octanol–water partition coefficient (Wildman–Crippen LogP) is 5.67. The van der Waals surface area contributed by atoms with E-state index in [1.807, 2.05) is 12.1 Å². The Balaban J connectivity index is 1.76. The first-order valence-corrected chi connectivity index (χ1v) is 9.44. The molecule has 3 aromatic rings. The van der Waals surface area contributed by atoms with E-state index in [-0.39, 0.29) is 0 Å². The van der Waals surface area contributed by atoms with E-state index >= 15 is 0 Å². The van der Waals surface area contributed by atoms with E-state index < -0.39 is 0 Å². The maximum Gasteiger partial charge on any atom is 0.130 e. The lowest BCUT2D eigenvalue weighted by atomic mass is 10.0. The van der Waals surface area contributed by atoms with E-state index in [9.17, 15) is 0 Å². The van der Waals surface area contributed by atoms with Crippen molar-refractivity contribution in [2.24, 2.45) is 0 Å². The molecule has 3 rings (SSSR count). The number of nitrogens with zero attached hydrogens (tertiary/aromatic N) is 2. The molecule has 0 saturated heterocycles. The summed E-state index contributed by atoms with van der Waals surface area (Å²) in [6.45, 7) is 6.19. The first kappa shape index (κ1) is 17.7. The average molecular weight is 398 g/mol. The predicted molar refractivity (Wildman–Crippen MR) is 112 cm³/mol. The van der Waals surface area contributed by atoms with Gasteiger partial charge in [-0.05, 0) is 47.9 Å². The van der Waals surface area contributed by atoms with Crippen molar-refractivity contribution < 1.29 is 0 Å². The third kappa shape index (κ3) is 4.31. The van der Waals surface area contributed by atoms with Gasteiger partial charge in [-0.15, -0.1) is 0 Å². The highest BCUT2D eigenvalue weighted by atomic mass is 79.9. The largest absolute Gasteiger partial charge is 0.373 e. The van der Waals surface area contributed by atoms with Crippen molar-refractivity contribution in [2.45, 2.75) is 19.8 Å². The fourth-order valence-corrected chi connectivity index (χ4v) is 3.28. The van der Waals surface area contributed by atoms with Gasteiger partial charge in [0.25, 0.3) is 0 Å². The fraction of sp³-hybridized carbons (Fsp3) is 0.286. The Hall–Kier alpha value is -2.07. The molecule has 0 spiro atoms. The normalized spacial score (nSPS) is 11.1. The number of fused-ring (bicyclic) bond motifs is 1. The maximum atomic E-state index is 4.86. The number of benzene rings is 2. The SMILES string of the molecule is CC(C)c1cc2cc(Br)ccc2nc1NCCN(C)c1ccccc1. The summed E-state index contributed by atoms with van der Waals surface area (Å²) in [4.78, 5) is 7.11. The molecule has 3 nitrogen and oxygen atoms in total. The van der Waals surface area contributed by atoms with E-state index in [1.165, 1.54) is 16.6 Å². The third-order valence-electron chi connectivity index (χ3n) is 4.36. The van der Waals surface area contributed by atoms with Crippen LogP contribution in [-0.2, 0) is 0 Å². The van der Waals surface area contributed by atoms with Crippen LogP contribution in [0.15, 0.2) is 59.1 Å². The van der Waals surface area contributed by atoms with Crippen LogP contribution >= 0.6 is 15.9 Å². The van der Waals surface area contributed by atoms with Gasteiger partial charge in [0.15, 0.2) is 0 Å². The van der Waals surface area contributed by atoms with E-state index in [1.54, 1.807) is 0 Å². The van der Waals surface area contributed by atoms with Crippen molar-refractivity contribution in [3.63, 3.8) is 0 Å². The van der Waals surface area contributed by atoms with Crippen molar-refractivity contribution in [3.8, 4) is 0 Å². The maximum absolute atomic E-state index is 4.86. The molecule has 4 heteroatoms. The summed E-state index contributed by atoms with van der Waals surface area (Å²) in [5.41, 5.74) is 3.50. The molecule has 1 N–H and O–H groups in total. The van der Waals surface area contributed by atoms with E-state index in [0.717, 1.165) is 28.9 Å². The number of anilines is 2. The minimum Gasteiger partial charge on any atom is -0.373 e. The van der Waals surface area contributed by atoms with Crippen LogP contribution in [0.4, 0.5) is 11.5 Å². The highest BCUT2D eigenvalue weighted by Crippen LogP contribution is 2.28. The van der Waals surface area contributed by atoms with Crippen molar-refractivity contribution >= 4 is 38.3 Å². The molecule has 1 aromatic heterocycles. The zero-order valence-corrected chi connectivity index (χ0v) is 16.5. The Kier molecular flexibility index (Phi) is 5.59. The first-order chi connectivity index (χ1) is 12.0. The van der Waals surface area contributed by atoms with Crippen LogP contribution in [-0.4, -0.2) is 25.1 Å². The van der Waals surface area contributed by atoms with Crippen LogP contribution in [0.5, 0.6) is 0 Å². The summed E-state index contributed by atoms with van der Waals surface area (Å²) >= 11 is 3.54. The van der Waals surface area contributed by atoms with Crippen molar-refractivity contribution in [1.82, 2.24) is 4.98 Å². The topological polar surface area (TPSA) is 28.2 Å². The van der Waals surface area contributed by atoms with Gasteiger partial charge in [0.2, 0.25) is 0 Å². The Morgan fingerprint density at radius 2 is 1.84 bits per heavy atom. The van der Waals surface area contributed by atoms with Gasteiger partial charge >= 0.3 is 0 Å². The van der Waals surface area contributed by atoms with Crippen molar-refractivity contribution in [1.29, 1.82) is 0 Å². The molecule has 25 heavy (non-hydrogen) atoms. The molecule has 0 aliphatic carbocycles. The quantitative estimate of drug-likeness (QED) is 0.580. The summed E-state index contributed by atoms with van der Waals surface area (Å²) in [5, 5.41) is 4.71. The Bertz CT molecular complexity index is 846. The summed E-state index contributed by atoms with van der Waals surface area (Å²) in [7, 11) is 2.12. The number of aromatic nitrogens is 1. The van der Waals surface area contributed by atoms with Gasteiger partial charge < -0.3 is 10.2 Å². The van der Waals surface area contributed by atoms with Crippen LogP contribution in [0.25, 0.3) is 10.9 Å². The molecule has 0 fully saturated rings. The standard InChI is InChI=1S/C21H24BrN3/c1-15(2)19-14-16-13-17(22)9-10-20(16)24-21(19)23-11-12-25(3)18-7-5-4-6-8-18/h4-10,13-15H,11-12H2,1-3H3,(H,23,24). The summed E-state index contributed by atoms with van der Waals surface area (Å²) in [6, 6.07) is 18.9. The second kappa shape index (κ2) is 7.87. The molecule has 0 aliphatic rings. The summed E-state index contributed by atoms with van der Waals surface area (Å²) in [6.07, 6.45) is 0. The lowest BCUT2D eigenvalue weighted by molar-refractivity contribution is 0.853. The minimum atomic E-state index is 0.422. The molecule has 0 atom stereocenters. The van der Waals surface area contributed by atoms with E-state index in [0.29, 0.717) is 5.92 Å². The van der Waals surface area contributed by atoms with Crippen LogP contribution in [0.1, 0.15) is 25.3 Å². The van der Waals surface area contributed by atoms with Gasteiger partial charge in [-0.25, -0.2) is 4.98 Å². The van der Waals surface area contributed by atoms with E-state index in [2.05, 4.69) is 89.5 Å². The molecule has 0 radical (unpaired) electrons. The second-order valence-electron chi connectivity index (χ2n) is 6.60. The Morgan fingerprint density at radius 1 is 1.08 bits per heavy atom. The molecule has 0 saturated carbocycles. The van der Waals surface area contributed by atoms with Gasteiger partial charge in [-0.2, -0.15) is 0 Å².